The van der Waals surface area contributed by atoms with Crippen LogP contribution in [0.4, 0.5) is 10.2 Å². The first-order chi connectivity index (χ1) is 16.5. The number of anilines is 1. The highest BCUT2D eigenvalue weighted by molar-refractivity contribution is 7.89. The van der Waals surface area contributed by atoms with Gasteiger partial charge in [0, 0.05) is 19.0 Å². The highest BCUT2D eigenvalue weighted by Gasteiger charge is 2.30. The van der Waals surface area contributed by atoms with Crippen LogP contribution in [0.15, 0.2) is 30.3 Å². The molecule has 2 heterocycles. The average molecular weight is 503 g/mol. The smallest absolute Gasteiger partial charge is 0.340 e. The van der Waals surface area contributed by atoms with E-state index >= 15 is 0 Å². The predicted octanol–water partition coefficient (Wildman–Crippen LogP) is 2.83. The lowest BCUT2D eigenvalue weighted by molar-refractivity contribution is -0.123. The molecule has 3 rings (SSSR count). The third kappa shape index (κ3) is 6.76. The van der Waals surface area contributed by atoms with Crippen molar-refractivity contribution < 1.29 is 27.1 Å². The number of nitrogens with zero attached hydrogens (tertiary/aromatic N) is 3. The van der Waals surface area contributed by atoms with E-state index in [9.17, 15) is 27.7 Å². The molecule has 0 spiro atoms. The lowest BCUT2D eigenvalue weighted by Crippen LogP contribution is -2.43. The van der Waals surface area contributed by atoms with Crippen molar-refractivity contribution in [2.24, 2.45) is 5.92 Å². The Morgan fingerprint density at radius 3 is 2.46 bits per heavy atom. The number of aromatic nitrogens is 1. The van der Waals surface area contributed by atoms with Gasteiger partial charge in [0.25, 0.3) is 0 Å². The number of sulfonamides is 1. The van der Waals surface area contributed by atoms with E-state index in [2.05, 4.69) is 15.8 Å². The van der Waals surface area contributed by atoms with Crippen LogP contribution in [-0.2, 0) is 25.3 Å². The molecule has 0 saturated carbocycles. The molecule has 1 fully saturated rings. The number of nitrogens with one attached hydrogen (secondary N) is 1. The van der Waals surface area contributed by atoms with Crippen molar-refractivity contribution >= 4 is 27.7 Å². The van der Waals surface area contributed by atoms with Crippen LogP contribution in [0.3, 0.4) is 0 Å². The van der Waals surface area contributed by atoms with Gasteiger partial charge in [-0.2, -0.15) is 5.26 Å². The number of hydrogen-bond acceptors (Lipinski definition) is 8. The van der Waals surface area contributed by atoms with Crippen LogP contribution < -0.4 is 9.62 Å². The Bertz CT molecular complexity index is 1250. The molecule has 0 radical (unpaired) electrons. The van der Waals surface area contributed by atoms with Gasteiger partial charge in [-0.1, -0.05) is 12.1 Å². The number of carbonyl (C=O) groups excluding carboxylic acids is 2. The van der Waals surface area contributed by atoms with Crippen LogP contribution >= 0.6 is 0 Å². The molecular weight excluding hydrogens is 475 g/mol. The molecule has 1 N–H and O–H groups in total. The molecule has 1 aromatic heterocycles. The Hall–Kier alpha value is -3.52. The Morgan fingerprint density at radius 1 is 1.26 bits per heavy atom. The first-order valence-corrected chi connectivity index (χ1v) is 12.8. The molecule has 1 saturated heterocycles. The van der Waals surface area contributed by atoms with Gasteiger partial charge >= 0.3 is 5.97 Å². The van der Waals surface area contributed by atoms with Gasteiger partial charge in [-0.05, 0) is 57.4 Å². The van der Waals surface area contributed by atoms with Crippen LogP contribution in [-0.4, -0.2) is 44.5 Å². The molecule has 11 heteroatoms. The molecule has 1 aliphatic rings. The highest BCUT2D eigenvalue weighted by atomic mass is 32.2. The minimum absolute atomic E-state index is 0.219. The van der Waals surface area contributed by atoms with Gasteiger partial charge in [0.2, 0.25) is 15.9 Å². The summed E-state index contributed by atoms with van der Waals surface area (Å²) in [6, 6.07) is 8.56. The summed E-state index contributed by atoms with van der Waals surface area (Å²) in [6.45, 7) is 5.89. The van der Waals surface area contributed by atoms with Gasteiger partial charge in [0.15, 0.2) is 0 Å². The number of piperidine rings is 1. The zero-order valence-corrected chi connectivity index (χ0v) is 20.6. The largest absolute Gasteiger partial charge is 0.459 e. The van der Waals surface area contributed by atoms with E-state index < -0.39 is 39.4 Å². The van der Waals surface area contributed by atoms with E-state index in [1.54, 1.807) is 20.8 Å². The van der Waals surface area contributed by atoms with E-state index in [-0.39, 0.29) is 17.2 Å². The fourth-order valence-electron chi connectivity index (χ4n) is 3.83. The van der Waals surface area contributed by atoms with Crippen LogP contribution in [0.1, 0.15) is 53.9 Å². The Labute approximate surface area is 204 Å². The number of rotatable bonds is 7. The molecule has 0 aliphatic carbocycles. The first-order valence-electron chi connectivity index (χ1n) is 11.2. The van der Waals surface area contributed by atoms with Gasteiger partial charge in [0.1, 0.15) is 17.7 Å². The third-order valence-electron chi connectivity index (χ3n) is 5.57. The molecule has 1 aromatic carbocycles. The molecule has 9 nitrogen and oxygen atoms in total. The molecule has 2 aromatic rings. The Balaban J connectivity index is 1.64. The highest BCUT2D eigenvalue weighted by Crippen LogP contribution is 2.27. The number of aryl methyl sites for hydroxylation is 1. The lowest BCUT2D eigenvalue weighted by Gasteiger charge is -2.32. The van der Waals surface area contributed by atoms with Crippen LogP contribution in [0.2, 0.25) is 0 Å². The summed E-state index contributed by atoms with van der Waals surface area (Å²) in [5.41, 5.74) is 1.24. The zero-order chi connectivity index (χ0) is 25.8. The summed E-state index contributed by atoms with van der Waals surface area (Å²) in [7, 11) is -3.93. The summed E-state index contributed by atoms with van der Waals surface area (Å²) in [5.74, 6) is -2.17. The summed E-state index contributed by atoms with van der Waals surface area (Å²) in [6.07, 6.45) is 0.415. The molecule has 0 unspecified atom stereocenters. The summed E-state index contributed by atoms with van der Waals surface area (Å²) >= 11 is 0. The summed E-state index contributed by atoms with van der Waals surface area (Å²) < 4.78 is 45.1. The van der Waals surface area contributed by atoms with E-state index in [1.165, 1.54) is 18.2 Å². The Morgan fingerprint density at radius 2 is 1.89 bits per heavy atom. The maximum atomic E-state index is 13.0. The SMILES string of the molecule is Cc1nc(N2CCC(C(=O)NS(=O)(=O)Cc3ccc(F)cc3)CC2)c(C#N)cc1C(=O)OC(C)C. The van der Waals surface area contributed by atoms with E-state index in [0.29, 0.717) is 43.0 Å². The topological polar surface area (TPSA) is 129 Å². The number of ether oxygens (including phenoxy) is 1. The number of esters is 1. The number of hydrogen-bond donors (Lipinski definition) is 1. The first kappa shape index (κ1) is 26.1. The average Bonchev–Trinajstić information content (AvgIpc) is 2.79. The molecule has 0 atom stereocenters. The second-order valence-corrected chi connectivity index (χ2v) is 10.4. The van der Waals surface area contributed by atoms with E-state index in [0.717, 1.165) is 12.1 Å². The van der Waals surface area contributed by atoms with Crippen molar-refractivity contribution in [3.8, 4) is 6.07 Å². The fraction of sp³-hybridized carbons (Fsp3) is 0.417. The maximum absolute atomic E-state index is 13.0. The number of pyridine rings is 1. The second-order valence-electron chi connectivity index (χ2n) is 8.67. The monoisotopic (exact) mass is 502 g/mol. The zero-order valence-electron chi connectivity index (χ0n) is 19.7. The van der Waals surface area contributed by atoms with Crippen LogP contribution in [0, 0.1) is 30.0 Å². The van der Waals surface area contributed by atoms with Crippen molar-refractivity contribution in [1.29, 1.82) is 5.26 Å². The van der Waals surface area contributed by atoms with Gasteiger partial charge in [-0.3, -0.25) is 9.52 Å². The predicted molar refractivity (Wildman–Crippen MR) is 126 cm³/mol. The number of nitriles is 1. The number of amides is 1. The van der Waals surface area contributed by atoms with Crippen molar-refractivity contribution in [1.82, 2.24) is 9.71 Å². The summed E-state index contributed by atoms with van der Waals surface area (Å²) in [5, 5.41) is 9.61. The quantitative estimate of drug-likeness (QED) is 0.572. The number of halogens is 1. The van der Waals surface area contributed by atoms with Gasteiger partial charge < -0.3 is 9.64 Å². The van der Waals surface area contributed by atoms with Gasteiger partial charge in [-0.15, -0.1) is 0 Å². The molecule has 35 heavy (non-hydrogen) atoms. The normalized spacial score (nSPS) is 14.5. The van der Waals surface area contributed by atoms with E-state index in [1.807, 2.05) is 4.90 Å². The molecule has 0 bridgehead atoms. The number of carbonyl (C=O) groups is 2. The second kappa shape index (κ2) is 10.8. The van der Waals surface area contributed by atoms with Crippen molar-refractivity contribution in [3.05, 3.63) is 58.5 Å². The van der Waals surface area contributed by atoms with Crippen LogP contribution in [0.25, 0.3) is 0 Å². The lowest BCUT2D eigenvalue weighted by atomic mass is 9.96. The maximum Gasteiger partial charge on any atom is 0.340 e. The van der Waals surface area contributed by atoms with Gasteiger partial charge in [-0.25, -0.2) is 22.6 Å². The molecule has 1 aliphatic heterocycles. The molecule has 186 valence electrons. The van der Waals surface area contributed by atoms with Crippen molar-refractivity contribution in [2.45, 2.75) is 45.5 Å². The molecular formula is C24H27FN4O5S. The van der Waals surface area contributed by atoms with Gasteiger partial charge in [0.05, 0.1) is 28.7 Å². The molecule has 1 amide bonds. The fourth-order valence-corrected chi connectivity index (χ4v) is 5.00. The standard InChI is InChI=1S/C24H27FN4O5S/c1-15(2)34-24(31)21-12-19(13-26)22(27-16(21)3)29-10-8-18(9-11-29)23(30)28-35(32,33)14-17-4-6-20(25)7-5-17/h4-7,12,15,18H,8-11,14H2,1-3H3,(H,28,30). The Kier molecular flexibility index (Phi) is 8.07. The van der Waals surface area contributed by atoms with Crippen molar-refractivity contribution in [3.63, 3.8) is 0 Å². The minimum Gasteiger partial charge on any atom is -0.459 e. The van der Waals surface area contributed by atoms with Crippen LogP contribution in [0.5, 0.6) is 0 Å². The number of benzene rings is 1. The third-order valence-corrected chi connectivity index (χ3v) is 6.79. The minimum atomic E-state index is -3.93. The van der Waals surface area contributed by atoms with E-state index in [4.69, 9.17) is 4.74 Å². The summed E-state index contributed by atoms with van der Waals surface area (Å²) in [4.78, 5) is 31.2. The van der Waals surface area contributed by atoms with Crippen molar-refractivity contribution in [2.75, 3.05) is 18.0 Å².